The summed E-state index contributed by atoms with van der Waals surface area (Å²) >= 11 is 0. The summed E-state index contributed by atoms with van der Waals surface area (Å²) in [5, 5.41) is 0. The second-order valence-electron chi connectivity index (χ2n) is 4.80. The van der Waals surface area contributed by atoms with Crippen LogP contribution in [0.4, 0.5) is 0 Å². The van der Waals surface area contributed by atoms with Gasteiger partial charge in [-0.3, -0.25) is 0 Å². The minimum Gasteiger partial charge on any atom is -0.472 e. The molecule has 1 aromatic rings. The second kappa shape index (κ2) is 3.77. The van der Waals surface area contributed by atoms with Gasteiger partial charge in [-0.2, -0.15) is 0 Å². The molecule has 0 saturated heterocycles. The van der Waals surface area contributed by atoms with Crippen molar-refractivity contribution in [2.75, 3.05) is 0 Å². The maximum Gasteiger partial charge on any atom is 0.0935 e. The number of hydrogen-bond acceptors (Lipinski definition) is 2. The molecule has 0 amide bonds. The first-order valence-electron chi connectivity index (χ1n) is 5.47. The monoisotopic (exact) mass is 193 g/mol. The largest absolute Gasteiger partial charge is 0.472 e. The van der Waals surface area contributed by atoms with E-state index < -0.39 is 0 Å². The quantitative estimate of drug-likeness (QED) is 0.801. The number of furan rings is 1. The second-order valence-corrected chi connectivity index (χ2v) is 4.80. The third kappa shape index (κ3) is 1.85. The van der Waals surface area contributed by atoms with Crippen molar-refractivity contribution in [1.82, 2.24) is 0 Å². The predicted molar refractivity (Wildman–Crippen MR) is 57.0 cm³/mol. The van der Waals surface area contributed by atoms with E-state index in [1.165, 1.54) is 31.2 Å². The zero-order valence-corrected chi connectivity index (χ0v) is 8.83. The molecule has 0 spiro atoms. The normalized spacial score (nSPS) is 22.4. The molecule has 2 N–H and O–H groups in total. The fourth-order valence-electron chi connectivity index (χ4n) is 2.46. The van der Waals surface area contributed by atoms with Crippen molar-refractivity contribution in [3.8, 4) is 0 Å². The van der Waals surface area contributed by atoms with Crippen molar-refractivity contribution in [1.29, 1.82) is 0 Å². The highest BCUT2D eigenvalue weighted by Gasteiger charge is 2.34. The summed E-state index contributed by atoms with van der Waals surface area (Å²) in [6.45, 7) is 2.32. The van der Waals surface area contributed by atoms with E-state index in [9.17, 15) is 0 Å². The standard InChI is InChI=1S/C12H19NO/c1-12(5-2-3-6-12)11(13)8-10-4-7-14-9-10/h4,7,9,11H,2-3,5-6,8,13H2,1H3. The Bertz CT molecular complexity index is 273. The molecule has 1 heterocycles. The molecule has 1 aromatic heterocycles. The van der Waals surface area contributed by atoms with Gasteiger partial charge in [0.25, 0.3) is 0 Å². The molecule has 1 fully saturated rings. The molecule has 0 aromatic carbocycles. The highest BCUT2D eigenvalue weighted by Crippen LogP contribution is 2.40. The van der Waals surface area contributed by atoms with Crippen LogP contribution < -0.4 is 5.73 Å². The van der Waals surface area contributed by atoms with Gasteiger partial charge in [-0.1, -0.05) is 19.8 Å². The summed E-state index contributed by atoms with van der Waals surface area (Å²) in [4.78, 5) is 0. The zero-order valence-electron chi connectivity index (χ0n) is 8.83. The van der Waals surface area contributed by atoms with Crippen molar-refractivity contribution in [2.24, 2.45) is 11.1 Å². The Hall–Kier alpha value is -0.760. The van der Waals surface area contributed by atoms with Crippen LogP contribution >= 0.6 is 0 Å². The third-order valence-corrected chi connectivity index (χ3v) is 3.68. The Balaban J connectivity index is 1.98. The number of rotatable bonds is 3. The van der Waals surface area contributed by atoms with Crippen LogP contribution in [-0.4, -0.2) is 6.04 Å². The van der Waals surface area contributed by atoms with Gasteiger partial charge in [-0.05, 0) is 36.3 Å². The van der Waals surface area contributed by atoms with Crippen molar-refractivity contribution in [3.63, 3.8) is 0 Å². The van der Waals surface area contributed by atoms with Crippen LogP contribution in [0.3, 0.4) is 0 Å². The van der Waals surface area contributed by atoms with Crippen molar-refractivity contribution >= 4 is 0 Å². The van der Waals surface area contributed by atoms with Gasteiger partial charge in [0.05, 0.1) is 12.5 Å². The molecule has 2 heteroatoms. The molecular formula is C12H19NO. The smallest absolute Gasteiger partial charge is 0.0935 e. The van der Waals surface area contributed by atoms with Crippen LogP contribution in [0.15, 0.2) is 23.0 Å². The average Bonchev–Trinajstić information content (AvgIpc) is 2.76. The minimum atomic E-state index is 0.280. The number of hydrogen-bond donors (Lipinski definition) is 1. The maximum absolute atomic E-state index is 6.26. The lowest BCUT2D eigenvalue weighted by molar-refractivity contribution is 0.260. The van der Waals surface area contributed by atoms with E-state index in [1.54, 1.807) is 12.5 Å². The molecular weight excluding hydrogens is 174 g/mol. The van der Waals surface area contributed by atoms with E-state index in [2.05, 4.69) is 6.92 Å². The first kappa shape index (κ1) is 9.78. The fraction of sp³-hybridized carbons (Fsp3) is 0.667. The average molecular weight is 193 g/mol. The molecule has 78 valence electrons. The van der Waals surface area contributed by atoms with Gasteiger partial charge >= 0.3 is 0 Å². The lowest BCUT2D eigenvalue weighted by Gasteiger charge is -2.30. The topological polar surface area (TPSA) is 39.2 Å². The molecule has 0 bridgehead atoms. The highest BCUT2D eigenvalue weighted by atomic mass is 16.3. The predicted octanol–water partition coefficient (Wildman–Crippen LogP) is 2.73. The summed E-state index contributed by atoms with van der Waals surface area (Å²) in [6.07, 6.45) is 9.73. The fourth-order valence-corrected chi connectivity index (χ4v) is 2.46. The highest BCUT2D eigenvalue weighted by molar-refractivity contribution is 5.09. The van der Waals surface area contributed by atoms with E-state index in [0.717, 1.165) is 6.42 Å². The summed E-state index contributed by atoms with van der Waals surface area (Å²) in [6, 6.07) is 2.29. The Labute approximate surface area is 85.5 Å². The van der Waals surface area contributed by atoms with E-state index in [4.69, 9.17) is 10.2 Å². The molecule has 0 aliphatic heterocycles. The Morgan fingerprint density at radius 1 is 1.50 bits per heavy atom. The zero-order chi connectivity index (χ0) is 10.0. The van der Waals surface area contributed by atoms with E-state index in [-0.39, 0.29) is 6.04 Å². The first-order chi connectivity index (χ1) is 6.71. The van der Waals surface area contributed by atoms with E-state index in [1.807, 2.05) is 6.07 Å². The first-order valence-corrected chi connectivity index (χ1v) is 5.47. The minimum absolute atomic E-state index is 0.280. The molecule has 14 heavy (non-hydrogen) atoms. The lowest BCUT2D eigenvalue weighted by atomic mass is 9.79. The van der Waals surface area contributed by atoms with Crippen LogP contribution in [0.1, 0.15) is 38.2 Å². The van der Waals surface area contributed by atoms with E-state index in [0.29, 0.717) is 5.41 Å². The molecule has 1 unspecified atom stereocenters. The molecule has 1 atom stereocenters. The van der Waals surface area contributed by atoms with Crippen molar-refractivity contribution in [2.45, 2.75) is 45.1 Å². The number of nitrogens with two attached hydrogens (primary N) is 1. The molecule has 2 nitrogen and oxygen atoms in total. The summed E-state index contributed by atoms with van der Waals surface area (Å²) in [5.41, 5.74) is 7.85. The molecule has 1 aliphatic rings. The third-order valence-electron chi connectivity index (χ3n) is 3.68. The summed E-state index contributed by atoms with van der Waals surface area (Å²) in [5.74, 6) is 0. The van der Waals surface area contributed by atoms with Gasteiger partial charge in [-0.25, -0.2) is 0 Å². The van der Waals surface area contributed by atoms with Crippen LogP contribution in [0, 0.1) is 5.41 Å². The van der Waals surface area contributed by atoms with Gasteiger partial charge in [0, 0.05) is 6.04 Å². The van der Waals surface area contributed by atoms with Crippen LogP contribution in [0.25, 0.3) is 0 Å². The van der Waals surface area contributed by atoms with E-state index >= 15 is 0 Å². The molecule has 1 saturated carbocycles. The summed E-state index contributed by atoms with van der Waals surface area (Å²) in [7, 11) is 0. The Morgan fingerprint density at radius 2 is 2.21 bits per heavy atom. The van der Waals surface area contributed by atoms with Crippen LogP contribution in [0.2, 0.25) is 0 Å². The van der Waals surface area contributed by atoms with Gasteiger partial charge in [0.1, 0.15) is 0 Å². The van der Waals surface area contributed by atoms with Crippen molar-refractivity contribution in [3.05, 3.63) is 24.2 Å². The molecule has 0 radical (unpaired) electrons. The lowest BCUT2D eigenvalue weighted by Crippen LogP contribution is -2.39. The van der Waals surface area contributed by atoms with Crippen LogP contribution in [-0.2, 0) is 6.42 Å². The Morgan fingerprint density at radius 3 is 2.79 bits per heavy atom. The SMILES string of the molecule is CC1(C(N)Cc2ccoc2)CCCC1. The van der Waals surface area contributed by atoms with Gasteiger partial charge < -0.3 is 10.2 Å². The maximum atomic E-state index is 6.26. The van der Waals surface area contributed by atoms with Crippen molar-refractivity contribution < 1.29 is 4.42 Å². The molecule has 1 aliphatic carbocycles. The summed E-state index contributed by atoms with van der Waals surface area (Å²) < 4.78 is 5.06. The van der Waals surface area contributed by atoms with Gasteiger partial charge in [0.2, 0.25) is 0 Å². The molecule has 2 rings (SSSR count). The van der Waals surface area contributed by atoms with Crippen LogP contribution in [0.5, 0.6) is 0 Å². The van der Waals surface area contributed by atoms with Gasteiger partial charge in [0.15, 0.2) is 0 Å². The van der Waals surface area contributed by atoms with Gasteiger partial charge in [-0.15, -0.1) is 0 Å². The Kier molecular flexibility index (Phi) is 2.64.